The van der Waals surface area contributed by atoms with Crippen LogP contribution in [0.25, 0.3) is 33.2 Å². The molecule has 4 aromatic carbocycles. The van der Waals surface area contributed by atoms with E-state index in [0.717, 1.165) is 16.0 Å². The van der Waals surface area contributed by atoms with Gasteiger partial charge in [0.2, 0.25) is 17.7 Å². The van der Waals surface area contributed by atoms with E-state index in [0.29, 0.717) is 44.0 Å². The Morgan fingerprint density at radius 1 is 0.925 bits per heavy atom. The summed E-state index contributed by atoms with van der Waals surface area (Å²) in [4.78, 5) is 67.4. The number of likely N-dealkylation sites (N-methyl/N-ethyl adjacent to an activating group) is 1. The third kappa shape index (κ3) is 7.86. The van der Waals surface area contributed by atoms with E-state index < -0.39 is 54.3 Å². The molecule has 7 N–H and O–H groups in total. The lowest BCUT2D eigenvalue weighted by Crippen LogP contribution is -2.53. The average Bonchev–Trinajstić information content (AvgIpc) is 3.57. The Bertz CT molecular complexity index is 2240. The molecule has 13 nitrogen and oxygen atoms in total. The van der Waals surface area contributed by atoms with E-state index in [4.69, 9.17) is 21.8 Å². The van der Waals surface area contributed by atoms with Gasteiger partial charge in [-0.05, 0) is 83.8 Å². The van der Waals surface area contributed by atoms with Crippen LogP contribution in [0, 0.1) is 0 Å². The van der Waals surface area contributed by atoms with E-state index >= 15 is 0 Å². The summed E-state index contributed by atoms with van der Waals surface area (Å²) in [5, 5.41) is 29.8. The van der Waals surface area contributed by atoms with Crippen LogP contribution >= 0.6 is 11.6 Å². The van der Waals surface area contributed by atoms with Crippen LogP contribution in [0.2, 0.25) is 5.02 Å². The maximum absolute atomic E-state index is 14.1. The summed E-state index contributed by atoms with van der Waals surface area (Å²) in [6.45, 7) is 0.967. The van der Waals surface area contributed by atoms with Crippen LogP contribution in [0.5, 0.6) is 5.75 Å². The molecule has 6 rings (SSSR count). The quantitative estimate of drug-likeness (QED) is 0.142. The highest BCUT2D eigenvalue weighted by molar-refractivity contribution is 6.30. The first kappa shape index (κ1) is 36.6. The minimum absolute atomic E-state index is 0.0485. The molecule has 3 atom stereocenters. The van der Waals surface area contributed by atoms with Crippen molar-refractivity contribution >= 4 is 52.2 Å². The number of phenols is 1. The van der Waals surface area contributed by atoms with Crippen molar-refractivity contribution in [1.29, 1.82) is 0 Å². The van der Waals surface area contributed by atoms with Crippen LogP contribution in [-0.2, 0) is 32.1 Å². The number of nitrogens with one attached hydrogen (secondary N) is 3. The molecule has 5 aromatic rings. The summed E-state index contributed by atoms with van der Waals surface area (Å²) in [7, 11) is 1.39. The van der Waals surface area contributed by atoms with Gasteiger partial charge in [-0.25, -0.2) is 4.79 Å². The monoisotopic (exact) mass is 737 g/mol. The number of hydrogen-bond donors (Lipinski definition) is 6. The molecule has 0 aliphatic carbocycles. The first-order valence-electron chi connectivity index (χ1n) is 16.6. The number of nitrogens with two attached hydrogens (primary N) is 1. The lowest BCUT2D eigenvalue weighted by molar-refractivity contribution is -0.142. The van der Waals surface area contributed by atoms with E-state index in [1.807, 2.05) is 12.1 Å². The highest BCUT2D eigenvalue weighted by Crippen LogP contribution is 2.40. The van der Waals surface area contributed by atoms with Crippen molar-refractivity contribution in [3.63, 3.8) is 0 Å². The molecule has 0 saturated carbocycles. The van der Waals surface area contributed by atoms with Crippen molar-refractivity contribution in [2.24, 2.45) is 5.73 Å². The predicted octanol–water partition coefficient (Wildman–Crippen LogP) is 4.14. The lowest BCUT2D eigenvalue weighted by atomic mass is 9.93. The lowest BCUT2D eigenvalue weighted by Gasteiger charge is -2.30. The SMILES string of the molecule is C[C@@H]1NC(=O)C(N(C)C(=O)CNC(=O)c2ccc(-c3ccc(Cl)cc3)cc2)c2cc(c3oc(CN)cc3c2)-c2cc(ccc2O)CC(C(=O)O)NC1=O. The molecule has 2 unspecified atom stereocenters. The molecule has 4 bridgehead atoms. The molecule has 0 fully saturated rings. The summed E-state index contributed by atoms with van der Waals surface area (Å²) in [6.07, 6.45) is -0.123. The van der Waals surface area contributed by atoms with Crippen LogP contribution in [0.4, 0.5) is 0 Å². The van der Waals surface area contributed by atoms with Crippen LogP contribution < -0.4 is 21.7 Å². The normalized spacial score (nSPS) is 17.3. The summed E-state index contributed by atoms with van der Waals surface area (Å²) in [6, 6.07) is 19.6. The number of halogens is 1. The van der Waals surface area contributed by atoms with Gasteiger partial charge in [0.1, 0.15) is 35.2 Å². The fraction of sp³-hybridized carbons (Fsp3) is 0.205. The molecule has 1 aliphatic heterocycles. The Hall–Kier alpha value is -6.18. The van der Waals surface area contributed by atoms with Crippen LogP contribution in [0.1, 0.15) is 40.2 Å². The molecule has 4 amide bonds. The fourth-order valence-electron chi connectivity index (χ4n) is 6.24. The molecular formula is C39H36ClN5O8. The number of hydrogen-bond acceptors (Lipinski definition) is 8. The molecule has 53 heavy (non-hydrogen) atoms. The van der Waals surface area contributed by atoms with Gasteiger partial charge in [-0.15, -0.1) is 0 Å². The van der Waals surface area contributed by atoms with Crippen molar-refractivity contribution in [2.75, 3.05) is 13.6 Å². The van der Waals surface area contributed by atoms with Gasteiger partial charge in [-0.1, -0.05) is 41.9 Å². The number of carboxylic acids is 1. The zero-order chi connectivity index (χ0) is 38.0. The van der Waals surface area contributed by atoms with Crippen LogP contribution in [-0.4, -0.2) is 70.4 Å². The second-order valence-electron chi connectivity index (χ2n) is 12.8. The second-order valence-corrected chi connectivity index (χ2v) is 13.2. The number of carbonyl (C=O) groups excluding carboxylic acids is 4. The minimum Gasteiger partial charge on any atom is -0.507 e. The number of furan rings is 1. The number of fused-ring (bicyclic) bond motifs is 7. The third-order valence-corrected chi connectivity index (χ3v) is 9.37. The molecule has 2 heterocycles. The van der Waals surface area contributed by atoms with Gasteiger partial charge >= 0.3 is 5.97 Å². The Morgan fingerprint density at radius 3 is 2.26 bits per heavy atom. The number of carboxylic acid groups (broad SMARTS) is 1. The first-order valence-corrected chi connectivity index (χ1v) is 17.0. The van der Waals surface area contributed by atoms with Gasteiger partial charge in [0.05, 0.1) is 13.1 Å². The van der Waals surface area contributed by atoms with Gasteiger partial charge in [0.25, 0.3) is 5.91 Å². The third-order valence-electron chi connectivity index (χ3n) is 9.12. The molecule has 0 spiro atoms. The van der Waals surface area contributed by atoms with E-state index in [1.165, 1.54) is 20.0 Å². The number of carbonyl (C=O) groups is 5. The van der Waals surface area contributed by atoms with Crippen molar-refractivity contribution in [1.82, 2.24) is 20.9 Å². The Labute approximate surface area is 308 Å². The zero-order valence-corrected chi connectivity index (χ0v) is 29.4. The number of phenolic OH excluding ortho intramolecular Hbond substituents is 1. The second kappa shape index (κ2) is 15.2. The number of aliphatic carboxylic acids is 1. The van der Waals surface area contributed by atoms with Gasteiger partial charge in [-0.2, -0.15) is 0 Å². The summed E-state index contributed by atoms with van der Waals surface area (Å²) in [5.74, 6) is -3.73. The molecule has 1 aromatic heterocycles. The van der Waals surface area contributed by atoms with Gasteiger partial charge in [0, 0.05) is 40.6 Å². The molecular weight excluding hydrogens is 702 g/mol. The van der Waals surface area contributed by atoms with Crippen LogP contribution in [0.3, 0.4) is 0 Å². The van der Waals surface area contributed by atoms with E-state index in [2.05, 4.69) is 16.0 Å². The van der Waals surface area contributed by atoms with Gasteiger partial charge in [0.15, 0.2) is 0 Å². The summed E-state index contributed by atoms with van der Waals surface area (Å²) in [5.41, 5.74) is 9.71. The topological polar surface area (TPSA) is 204 Å². The number of benzene rings is 4. The summed E-state index contributed by atoms with van der Waals surface area (Å²) >= 11 is 5.99. The first-order chi connectivity index (χ1) is 25.3. The van der Waals surface area contributed by atoms with Crippen molar-refractivity contribution < 1.29 is 38.6 Å². The number of amides is 4. The van der Waals surface area contributed by atoms with E-state index in [9.17, 15) is 34.2 Å². The Balaban J connectivity index is 1.34. The molecule has 0 radical (unpaired) electrons. The van der Waals surface area contributed by atoms with Crippen molar-refractivity contribution in [3.05, 3.63) is 112 Å². The Kier molecular flexibility index (Phi) is 10.5. The fourth-order valence-corrected chi connectivity index (χ4v) is 6.36. The number of aromatic hydroxyl groups is 1. The maximum Gasteiger partial charge on any atom is 0.326 e. The average molecular weight is 738 g/mol. The van der Waals surface area contributed by atoms with E-state index in [1.54, 1.807) is 66.7 Å². The molecule has 272 valence electrons. The van der Waals surface area contributed by atoms with Crippen molar-refractivity contribution in [2.45, 2.75) is 38.0 Å². The van der Waals surface area contributed by atoms with Crippen LogP contribution in [0.15, 0.2) is 89.3 Å². The molecule has 14 heteroatoms. The standard InChI is InChI=1S/C39H36ClN5O8/c1-20-36(48)44-31(39(51)52)14-21-3-12-32(46)29(13-21)30-17-25(15-26-16-28(18-41)53-35(26)30)34(38(50)43-20)45(2)33(47)19-42-37(49)24-6-4-22(5-7-24)23-8-10-27(40)11-9-23/h3-13,15-17,20,31,34,46H,14,18-19,41H2,1-2H3,(H,42,49)(H,43,50)(H,44,48)(H,51,52)/t20-,31?,34?/m0/s1. The smallest absolute Gasteiger partial charge is 0.326 e. The Morgan fingerprint density at radius 2 is 1.60 bits per heavy atom. The highest BCUT2D eigenvalue weighted by Gasteiger charge is 2.33. The predicted molar refractivity (Wildman–Crippen MR) is 197 cm³/mol. The van der Waals surface area contributed by atoms with Gasteiger partial charge < -0.3 is 41.2 Å². The van der Waals surface area contributed by atoms with E-state index in [-0.39, 0.29) is 24.3 Å². The minimum atomic E-state index is -1.36. The molecule has 0 saturated heterocycles. The number of rotatable bonds is 7. The number of nitrogens with zero attached hydrogens (tertiary/aromatic N) is 1. The molecule has 1 aliphatic rings. The summed E-state index contributed by atoms with van der Waals surface area (Å²) < 4.78 is 6.03. The highest BCUT2D eigenvalue weighted by atomic mass is 35.5. The zero-order valence-electron chi connectivity index (χ0n) is 28.7. The van der Waals surface area contributed by atoms with Crippen molar-refractivity contribution in [3.8, 4) is 28.0 Å². The maximum atomic E-state index is 14.1. The van der Waals surface area contributed by atoms with Gasteiger partial charge in [-0.3, -0.25) is 19.2 Å². The largest absolute Gasteiger partial charge is 0.507 e.